The summed E-state index contributed by atoms with van der Waals surface area (Å²) in [5, 5.41) is 0. The molecule has 1 aromatic carbocycles. The predicted molar refractivity (Wildman–Crippen MR) is 106 cm³/mol. The number of rotatable bonds is 4. The molecule has 0 spiro atoms. The minimum atomic E-state index is -0.468. The van der Waals surface area contributed by atoms with E-state index < -0.39 is 11.6 Å². The molecule has 6 nitrogen and oxygen atoms in total. The Morgan fingerprint density at radius 1 is 1.10 bits per heavy atom. The van der Waals surface area contributed by atoms with Gasteiger partial charge in [0, 0.05) is 30.6 Å². The first-order chi connectivity index (χ1) is 14.5. The fourth-order valence-electron chi connectivity index (χ4n) is 3.62. The first kappa shape index (κ1) is 19.9. The quantitative estimate of drug-likeness (QED) is 0.653. The van der Waals surface area contributed by atoms with Crippen LogP contribution in [-0.2, 0) is 0 Å². The highest BCUT2D eigenvalue weighted by Gasteiger charge is 2.34. The van der Waals surface area contributed by atoms with Gasteiger partial charge in [0.05, 0.1) is 17.8 Å². The van der Waals surface area contributed by atoms with Crippen LogP contribution in [0.3, 0.4) is 0 Å². The van der Waals surface area contributed by atoms with Gasteiger partial charge in [0.15, 0.2) is 5.82 Å². The Morgan fingerprint density at radius 2 is 1.87 bits per heavy atom. The Labute approximate surface area is 172 Å². The molecule has 3 aromatic rings. The van der Waals surface area contributed by atoms with Gasteiger partial charge in [0.25, 0.3) is 5.91 Å². The Hall–Kier alpha value is -3.42. The second-order valence-corrected chi connectivity index (χ2v) is 7.11. The zero-order valence-electron chi connectivity index (χ0n) is 16.3. The number of ether oxygens (including phenoxy) is 1. The van der Waals surface area contributed by atoms with E-state index in [1.54, 1.807) is 23.4 Å². The van der Waals surface area contributed by atoms with Crippen molar-refractivity contribution in [2.45, 2.75) is 31.9 Å². The highest BCUT2D eigenvalue weighted by atomic mass is 19.1. The van der Waals surface area contributed by atoms with Gasteiger partial charge in [-0.3, -0.25) is 4.79 Å². The van der Waals surface area contributed by atoms with Gasteiger partial charge in [-0.05, 0) is 50.1 Å². The summed E-state index contributed by atoms with van der Waals surface area (Å²) in [6, 6.07) is 8.13. The molecule has 0 N–H and O–H groups in total. The zero-order valence-corrected chi connectivity index (χ0v) is 16.3. The number of aromatic nitrogens is 3. The summed E-state index contributed by atoms with van der Waals surface area (Å²) in [6.07, 6.45) is 5.37. The number of carbonyl (C=O) groups excluding carboxylic acids is 1. The molecule has 0 unspecified atom stereocenters. The second kappa shape index (κ2) is 8.52. The molecule has 0 saturated carbocycles. The largest absolute Gasteiger partial charge is 0.472 e. The average Bonchev–Trinajstić information content (AvgIpc) is 2.77. The molecule has 1 amide bonds. The molecular weight excluding hydrogens is 390 g/mol. The summed E-state index contributed by atoms with van der Waals surface area (Å²) in [7, 11) is 0. The average molecular weight is 410 g/mol. The van der Waals surface area contributed by atoms with Crippen molar-refractivity contribution < 1.29 is 18.3 Å². The number of pyridine rings is 1. The molecule has 1 saturated heterocycles. The lowest BCUT2D eigenvalue weighted by atomic mass is 9.97. The van der Waals surface area contributed by atoms with Crippen LogP contribution in [-0.4, -0.2) is 44.4 Å². The first-order valence-corrected chi connectivity index (χ1v) is 9.69. The van der Waals surface area contributed by atoms with Crippen LogP contribution in [0.15, 0.2) is 55.0 Å². The van der Waals surface area contributed by atoms with Crippen molar-refractivity contribution in [2.75, 3.05) is 6.54 Å². The predicted octanol–water partition coefficient (Wildman–Crippen LogP) is 3.89. The van der Waals surface area contributed by atoms with Crippen molar-refractivity contribution in [3.63, 3.8) is 0 Å². The van der Waals surface area contributed by atoms with Crippen LogP contribution in [0.5, 0.6) is 5.88 Å². The van der Waals surface area contributed by atoms with E-state index in [0.717, 1.165) is 19.0 Å². The van der Waals surface area contributed by atoms with Crippen LogP contribution in [0.4, 0.5) is 8.78 Å². The van der Waals surface area contributed by atoms with Crippen molar-refractivity contribution >= 4 is 5.91 Å². The number of likely N-dealkylation sites (tertiary alicyclic amines) is 1. The minimum Gasteiger partial charge on any atom is -0.472 e. The molecule has 4 rings (SSSR count). The van der Waals surface area contributed by atoms with Crippen LogP contribution < -0.4 is 4.74 Å². The molecule has 1 aliphatic heterocycles. The number of hydrogen-bond acceptors (Lipinski definition) is 5. The van der Waals surface area contributed by atoms with Gasteiger partial charge < -0.3 is 9.64 Å². The fraction of sp³-hybridized carbons (Fsp3) is 0.273. The number of amides is 1. The molecule has 154 valence electrons. The van der Waals surface area contributed by atoms with Gasteiger partial charge in [0.1, 0.15) is 17.7 Å². The van der Waals surface area contributed by atoms with E-state index in [1.165, 1.54) is 30.3 Å². The third-order valence-corrected chi connectivity index (χ3v) is 5.17. The molecule has 3 heterocycles. The molecule has 8 heteroatoms. The second-order valence-electron chi connectivity index (χ2n) is 7.11. The zero-order chi connectivity index (χ0) is 21.1. The van der Waals surface area contributed by atoms with E-state index in [4.69, 9.17) is 4.74 Å². The topological polar surface area (TPSA) is 68.2 Å². The molecule has 1 aliphatic rings. The highest BCUT2D eigenvalue weighted by molar-refractivity contribution is 6.00. The highest BCUT2D eigenvalue weighted by Crippen LogP contribution is 2.28. The Kier molecular flexibility index (Phi) is 5.65. The van der Waals surface area contributed by atoms with Gasteiger partial charge in [-0.15, -0.1) is 0 Å². The smallest absolute Gasteiger partial charge is 0.254 e. The maximum atomic E-state index is 13.9. The molecular formula is C22H20F2N4O2. The molecule has 2 aromatic heterocycles. The monoisotopic (exact) mass is 410 g/mol. The van der Waals surface area contributed by atoms with Gasteiger partial charge in [-0.25, -0.2) is 23.7 Å². The van der Waals surface area contributed by atoms with Gasteiger partial charge in [-0.2, -0.15) is 0 Å². The lowest BCUT2D eigenvalue weighted by Gasteiger charge is -2.39. The third-order valence-electron chi connectivity index (χ3n) is 5.17. The molecule has 2 atom stereocenters. The van der Waals surface area contributed by atoms with Crippen LogP contribution in [0, 0.1) is 11.6 Å². The first-order valence-electron chi connectivity index (χ1n) is 9.69. The van der Waals surface area contributed by atoms with Gasteiger partial charge >= 0.3 is 0 Å². The van der Waals surface area contributed by atoms with Gasteiger partial charge in [0.2, 0.25) is 5.88 Å². The van der Waals surface area contributed by atoms with Crippen LogP contribution >= 0.6 is 0 Å². The Balaban J connectivity index is 1.59. The SMILES string of the molecule is C[C@H]1[C@H](Oc2ccc(F)cn2)CCCN1C(=O)c1ccc(F)cc1-c1ncccn1. The van der Waals surface area contributed by atoms with Crippen molar-refractivity contribution in [3.05, 3.63) is 72.2 Å². The van der Waals surface area contributed by atoms with Crippen molar-refractivity contribution in [2.24, 2.45) is 0 Å². The van der Waals surface area contributed by atoms with Gasteiger partial charge in [-0.1, -0.05) is 0 Å². The van der Waals surface area contributed by atoms with E-state index in [9.17, 15) is 13.6 Å². The van der Waals surface area contributed by atoms with E-state index in [-0.39, 0.29) is 23.9 Å². The summed E-state index contributed by atoms with van der Waals surface area (Å²) in [6.45, 7) is 2.44. The van der Waals surface area contributed by atoms with Crippen LogP contribution in [0.1, 0.15) is 30.1 Å². The minimum absolute atomic E-state index is 0.245. The lowest BCUT2D eigenvalue weighted by molar-refractivity contribution is 0.0266. The van der Waals surface area contributed by atoms with E-state index >= 15 is 0 Å². The number of piperidine rings is 1. The van der Waals surface area contributed by atoms with Crippen molar-refractivity contribution in [1.82, 2.24) is 19.9 Å². The number of halogens is 2. The number of benzene rings is 1. The number of carbonyl (C=O) groups is 1. The van der Waals surface area contributed by atoms with Crippen molar-refractivity contribution in [3.8, 4) is 17.3 Å². The lowest BCUT2D eigenvalue weighted by Crippen LogP contribution is -2.51. The normalized spacial score (nSPS) is 18.8. The summed E-state index contributed by atoms with van der Waals surface area (Å²) >= 11 is 0. The molecule has 1 fully saturated rings. The summed E-state index contributed by atoms with van der Waals surface area (Å²) in [5.41, 5.74) is 0.672. The molecule has 0 radical (unpaired) electrons. The Morgan fingerprint density at radius 3 is 2.60 bits per heavy atom. The summed E-state index contributed by atoms with van der Waals surface area (Å²) in [5.74, 6) is -0.562. The number of hydrogen-bond donors (Lipinski definition) is 0. The number of nitrogens with zero attached hydrogens (tertiary/aromatic N) is 4. The van der Waals surface area contributed by atoms with E-state index in [1.807, 2.05) is 6.92 Å². The standard InChI is InChI=1S/C22H20F2N4O2/c1-14-19(30-20-8-6-16(24)13-27-20)4-2-11-28(14)22(29)17-7-5-15(23)12-18(17)21-25-9-3-10-26-21/h3,5-10,12-14,19H,2,4,11H2,1H3/t14-,19+/m0/s1. The molecule has 0 aliphatic carbocycles. The maximum absolute atomic E-state index is 13.9. The molecule has 0 bridgehead atoms. The molecule has 30 heavy (non-hydrogen) atoms. The van der Waals surface area contributed by atoms with Crippen molar-refractivity contribution in [1.29, 1.82) is 0 Å². The Bertz CT molecular complexity index is 1030. The summed E-state index contributed by atoms with van der Waals surface area (Å²) in [4.78, 5) is 27.4. The van der Waals surface area contributed by atoms with Crippen LogP contribution in [0.2, 0.25) is 0 Å². The maximum Gasteiger partial charge on any atom is 0.254 e. The van der Waals surface area contributed by atoms with E-state index in [0.29, 0.717) is 23.6 Å². The summed E-state index contributed by atoms with van der Waals surface area (Å²) < 4.78 is 32.9. The fourth-order valence-corrected chi connectivity index (χ4v) is 3.62. The van der Waals surface area contributed by atoms with E-state index in [2.05, 4.69) is 15.0 Å². The third kappa shape index (κ3) is 4.12. The van der Waals surface area contributed by atoms with Crippen LogP contribution in [0.25, 0.3) is 11.4 Å².